The minimum atomic E-state index is -0.755. The molecule has 7 nitrogen and oxygen atoms in total. The summed E-state index contributed by atoms with van der Waals surface area (Å²) in [6.45, 7) is 5.61. The van der Waals surface area contributed by atoms with Crippen molar-refractivity contribution in [3.8, 4) is 17.0 Å². The summed E-state index contributed by atoms with van der Waals surface area (Å²) < 4.78 is 10.4. The largest absolute Gasteiger partial charge is 0.476 e. The fourth-order valence-electron chi connectivity index (χ4n) is 2.21. The van der Waals surface area contributed by atoms with Crippen molar-refractivity contribution in [2.24, 2.45) is 11.1 Å². The quantitative estimate of drug-likeness (QED) is 0.473. The number of pyridine rings is 2. The monoisotopic (exact) mass is 342 g/mol. The van der Waals surface area contributed by atoms with Gasteiger partial charge in [0.1, 0.15) is 18.1 Å². The first-order valence-corrected chi connectivity index (χ1v) is 7.73. The van der Waals surface area contributed by atoms with Crippen LogP contribution in [0.1, 0.15) is 25.1 Å². The highest BCUT2D eigenvalue weighted by atomic mass is 16.5. The van der Waals surface area contributed by atoms with E-state index in [-0.39, 0.29) is 18.4 Å². The third kappa shape index (κ3) is 4.32. The van der Waals surface area contributed by atoms with Crippen molar-refractivity contribution in [2.45, 2.75) is 20.8 Å². The number of nitrogens with one attached hydrogen (secondary N) is 1. The number of aromatic nitrogens is 2. The molecule has 0 aliphatic heterocycles. The molecule has 2 heterocycles. The molecule has 0 aromatic carbocycles. The summed E-state index contributed by atoms with van der Waals surface area (Å²) in [5, 5.41) is 7.37. The van der Waals surface area contributed by atoms with Crippen molar-refractivity contribution in [1.82, 2.24) is 9.97 Å². The summed E-state index contributed by atoms with van der Waals surface area (Å²) in [6.07, 6.45) is 3.35. The second-order valence-electron chi connectivity index (χ2n) is 6.35. The first-order valence-electron chi connectivity index (χ1n) is 7.73. The lowest BCUT2D eigenvalue weighted by Gasteiger charge is -2.21. The first-order chi connectivity index (χ1) is 11.7. The Hall–Kier alpha value is -2.96. The van der Waals surface area contributed by atoms with Gasteiger partial charge in [-0.1, -0.05) is 6.07 Å². The maximum atomic E-state index is 11.7. The van der Waals surface area contributed by atoms with Crippen molar-refractivity contribution < 1.29 is 14.3 Å². The molecule has 3 N–H and O–H groups in total. The minimum absolute atomic E-state index is 0.0710. The Kier molecular flexibility index (Phi) is 5.36. The average Bonchev–Trinajstić information content (AvgIpc) is 2.59. The lowest BCUT2D eigenvalue weighted by atomic mass is 9.95. The number of amidine groups is 1. The topological polar surface area (TPSA) is 111 Å². The molecular formula is C18H22N4O3. The van der Waals surface area contributed by atoms with Crippen LogP contribution in [0.25, 0.3) is 11.1 Å². The third-order valence-corrected chi connectivity index (χ3v) is 3.76. The Morgan fingerprint density at radius 1 is 1.28 bits per heavy atom. The zero-order chi connectivity index (χ0) is 18.6. The normalized spacial score (nSPS) is 11.0. The molecule has 0 saturated carbocycles. The number of nitrogens with two attached hydrogens (primary N) is 1. The SMILES string of the molecule is COC(=O)C(C)(C)COc1cc(C)c(-c2ccc(C(=N)N)nc2)cn1. The van der Waals surface area contributed by atoms with E-state index in [1.165, 1.54) is 7.11 Å². The van der Waals surface area contributed by atoms with E-state index in [0.717, 1.165) is 16.7 Å². The number of aryl methyl sites for hydroxylation is 1. The molecule has 132 valence electrons. The van der Waals surface area contributed by atoms with Gasteiger partial charge in [0.25, 0.3) is 0 Å². The van der Waals surface area contributed by atoms with Crippen molar-refractivity contribution in [2.75, 3.05) is 13.7 Å². The van der Waals surface area contributed by atoms with E-state index in [9.17, 15) is 4.79 Å². The van der Waals surface area contributed by atoms with Crippen LogP contribution in [0.3, 0.4) is 0 Å². The summed E-state index contributed by atoms with van der Waals surface area (Å²) in [5.74, 6) is 0.0300. The van der Waals surface area contributed by atoms with Gasteiger partial charge in [-0.25, -0.2) is 4.98 Å². The van der Waals surface area contributed by atoms with E-state index in [1.807, 2.05) is 19.1 Å². The number of esters is 1. The first kappa shape index (κ1) is 18.4. The fraction of sp³-hybridized carbons (Fsp3) is 0.333. The molecule has 0 aliphatic rings. The molecule has 0 fully saturated rings. The summed E-state index contributed by atoms with van der Waals surface area (Å²) in [7, 11) is 1.35. The van der Waals surface area contributed by atoms with Gasteiger partial charge in [0.15, 0.2) is 0 Å². The van der Waals surface area contributed by atoms with Gasteiger partial charge in [0.05, 0.1) is 12.5 Å². The predicted molar refractivity (Wildman–Crippen MR) is 94.5 cm³/mol. The number of methoxy groups -OCH3 is 1. The van der Waals surface area contributed by atoms with Gasteiger partial charge in [-0.3, -0.25) is 15.2 Å². The van der Waals surface area contributed by atoms with Crippen LogP contribution < -0.4 is 10.5 Å². The van der Waals surface area contributed by atoms with Crippen molar-refractivity contribution in [3.05, 3.63) is 41.9 Å². The number of nitrogen functional groups attached to an aromatic ring is 1. The Morgan fingerprint density at radius 3 is 2.52 bits per heavy atom. The highest BCUT2D eigenvalue weighted by molar-refractivity contribution is 5.93. The van der Waals surface area contributed by atoms with Gasteiger partial charge in [-0.15, -0.1) is 0 Å². The molecule has 0 aliphatic carbocycles. The molecule has 25 heavy (non-hydrogen) atoms. The highest BCUT2D eigenvalue weighted by Gasteiger charge is 2.30. The molecule has 0 bridgehead atoms. The number of carbonyl (C=O) groups is 1. The number of rotatable bonds is 6. The lowest BCUT2D eigenvalue weighted by Crippen LogP contribution is -2.32. The smallest absolute Gasteiger partial charge is 0.314 e. The minimum Gasteiger partial charge on any atom is -0.476 e. The Labute approximate surface area is 146 Å². The molecule has 2 rings (SSSR count). The van der Waals surface area contributed by atoms with E-state index >= 15 is 0 Å². The van der Waals surface area contributed by atoms with Crippen LogP contribution in [0.15, 0.2) is 30.6 Å². The van der Waals surface area contributed by atoms with Crippen LogP contribution in [0.4, 0.5) is 0 Å². The molecule has 0 radical (unpaired) electrons. The van der Waals surface area contributed by atoms with Gasteiger partial charge < -0.3 is 15.2 Å². The fourth-order valence-corrected chi connectivity index (χ4v) is 2.21. The molecule has 0 atom stereocenters. The molecule has 0 amide bonds. The summed E-state index contributed by atoms with van der Waals surface area (Å²) in [4.78, 5) is 20.1. The standard InChI is InChI=1S/C18H22N4O3/c1-11-7-15(25-10-18(2,3)17(23)24-4)22-9-13(11)12-5-6-14(16(19)20)21-8-12/h5-9H,10H2,1-4H3,(H3,19,20). The van der Waals surface area contributed by atoms with Gasteiger partial charge >= 0.3 is 5.97 Å². The third-order valence-electron chi connectivity index (χ3n) is 3.76. The van der Waals surface area contributed by atoms with Gasteiger partial charge in [0.2, 0.25) is 5.88 Å². The van der Waals surface area contributed by atoms with Gasteiger partial charge in [0, 0.05) is 29.6 Å². The van der Waals surface area contributed by atoms with Crippen molar-refractivity contribution >= 4 is 11.8 Å². The maximum absolute atomic E-state index is 11.7. The highest BCUT2D eigenvalue weighted by Crippen LogP contribution is 2.26. The Bertz CT molecular complexity index is 785. The second-order valence-corrected chi connectivity index (χ2v) is 6.35. The number of hydrogen-bond donors (Lipinski definition) is 2. The number of carbonyl (C=O) groups excluding carboxylic acids is 1. The lowest BCUT2D eigenvalue weighted by molar-refractivity contribution is -0.152. The van der Waals surface area contributed by atoms with E-state index in [1.54, 1.807) is 32.3 Å². The summed E-state index contributed by atoms with van der Waals surface area (Å²) >= 11 is 0. The zero-order valence-corrected chi connectivity index (χ0v) is 14.8. The van der Waals surface area contributed by atoms with Gasteiger partial charge in [-0.05, 0) is 32.4 Å². The molecule has 2 aromatic rings. The number of nitrogens with zero attached hydrogens (tertiary/aromatic N) is 2. The summed E-state index contributed by atoms with van der Waals surface area (Å²) in [6, 6.07) is 5.34. The number of ether oxygens (including phenoxy) is 2. The van der Waals surface area contributed by atoms with E-state index < -0.39 is 5.41 Å². The van der Waals surface area contributed by atoms with Crippen LogP contribution in [0.2, 0.25) is 0 Å². The second kappa shape index (κ2) is 7.29. The zero-order valence-electron chi connectivity index (χ0n) is 14.8. The molecule has 0 spiro atoms. The maximum Gasteiger partial charge on any atom is 0.314 e. The molecule has 2 aromatic heterocycles. The van der Waals surface area contributed by atoms with E-state index in [4.69, 9.17) is 20.6 Å². The predicted octanol–water partition coefficient (Wildman–Crippen LogP) is 2.31. The molecule has 0 saturated heterocycles. The van der Waals surface area contributed by atoms with Crippen LogP contribution in [-0.2, 0) is 9.53 Å². The van der Waals surface area contributed by atoms with Crippen molar-refractivity contribution in [1.29, 1.82) is 5.41 Å². The molecular weight excluding hydrogens is 320 g/mol. The Balaban J connectivity index is 2.15. The molecule has 0 unspecified atom stereocenters. The van der Waals surface area contributed by atoms with Crippen LogP contribution in [0.5, 0.6) is 5.88 Å². The van der Waals surface area contributed by atoms with Crippen LogP contribution in [-0.4, -0.2) is 35.5 Å². The average molecular weight is 342 g/mol. The van der Waals surface area contributed by atoms with Crippen LogP contribution in [0, 0.1) is 17.7 Å². The van der Waals surface area contributed by atoms with Crippen molar-refractivity contribution in [3.63, 3.8) is 0 Å². The molecule has 7 heteroatoms. The summed E-state index contributed by atoms with van der Waals surface area (Å²) in [5.41, 5.74) is 7.82. The number of hydrogen-bond acceptors (Lipinski definition) is 6. The van der Waals surface area contributed by atoms with Gasteiger partial charge in [-0.2, -0.15) is 0 Å². The Morgan fingerprint density at radius 2 is 2.00 bits per heavy atom. The van der Waals surface area contributed by atoms with E-state index in [0.29, 0.717) is 11.6 Å². The van der Waals surface area contributed by atoms with Crippen LogP contribution >= 0.6 is 0 Å². The van der Waals surface area contributed by atoms with E-state index in [2.05, 4.69) is 9.97 Å².